The van der Waals surface area contributed by atoms with Crippen molar-refractivity contribution >= 4 is 11.9 Å². The predicted octanol–water partition coefficient (Wildman–Crippen LogP) is 3.14. The lowest BCUT2D eigenvalue weighted by Crippen LogP contribution is -2.39. The molecule has 3 aliphatic rings. The zero-order chi connectivity index (χ0) is 20.7. The first-order valence-electron chi connectivity index (χ1n) is 10.6. The van der Waals surface area contributed by atoms with Crippen LogP contribution in [-0.4, -0.2) is 53.0 Å². The maximum absolute atomic E-state index is 12.9. The van der Waals surface area contributed by atoms with Gasteiger partial charge < -0.3 is 19.1 Å². The van der Waals surface area contributed by atoms with Crippen molar-refractivity contribution in [1.29, 1.82) is 0 Å². The molecule has 0 unspecified atom stereocenters. The van der Waals surface area contributed by atoms with Gasteiger partial charge in [-0.15, -0.1) is 0 Å². The number of benzene rings is 1. The summed E-state index contributed by atoms with van der Waals surface area (Å²) in [5, 5.41) is 4.59. The third kappa shape index (κ3) is 3.51. The first-order chi connectivity index (χ1) is 14.6. The van der Waals surface area contributed by atoms with Crippen LogP contribution in [0.4, 0.5) is 0 Å². The number of likely N-dealkylation sites (tertiary alicyclic amines) is 1. The first-order valence-corrected chi connectivity index (χ1v) is 10.6. The number of carbonyl (C=O) groups is 2. The van der Waals surface area contributed by atoms with Gasteiger partial charge in [0.1, 0.15) is 0 Å². The summed E-state index contributed by atoms with van der Waals surface area (Å²) in [7, 11) is 0. The lowest BCUT2D eigenvalue weighted by Gasteiger charge is -2.33. The quantitative estimate of drug-likeness (QED) is 0.703. The van der Waals surface area contributed by atoms with E-state index in [1.807, 2.05) is 15.6 Å². The maximum Gasteiger partial charge on any atom is 0.358 e. The Balaban J connectivity index is 1.28. The second-order valence-corrected chi connectivity index (χ2v) is 7.99. The summed E-state index contributed by atoms with van der Waals surface area (Å²) in [5.74, 6) is 1.41. The molecule has 0 N–H and O–H groups in total. The fourth-order valence-corrected chi connectivity index (χ4v) is 4.22. The van der Waals surface area contributed by atoms with E-state index in [1.54, 1.807) is 25.1 Å². The minimum absolute atomic E-state index is 0.00171. The molecule has 1 aliphatic carbocycles. The fraction of sp³-hybridized carbons (Fsp3) is 0.500. The van der Waals surface area contributed by atoms with Crippen LogP contribution < -0.4 is 9.47 Å². The van der Waals surface area contributed by atoms with Gasteiger partial charge >= 0.3 is 5.97 Å². The van der Waals surface area contributed by atoms with Crippen molar-refractivity contribution in [2.45, 2.75) is 44.6 Å². The van der Waals surface area contributed by atoms with E-state index in [-0.39, 0.29) is 24.7 Å². The van der Waals surface area contributed by atoms with Crippen LogP contribution in [0, 0.1) is 0 Å². The van der Waals surface area contributed by atoms with E-state index in [9.17, 15) is 9.59 Å². The molecule has 1 aromatic carbocycles. The summed E-state index contributed by atoms with van der Waals surface area (Å²) < 4.78 is 17.9. The highest BCUT2D eigenvalue weighted by Gasteiger charge is 2.34. The van der Waals surface area contributed by atoms with Gasteiger partial charge in [0.05, 0.1) is 12.6 Å². The number of amides is 1. The minimum Gasteiger partial charge on any atom is -0.461 e. The van der Waals surface area contributed by atoms with Gasteiger partial charge in [0.2, 0.25) is 6.79 Å². The molecule has 2 aromatic rings. The molecule has 0 bridgehead atoms. The number of piperidine rings is 1. The van der Waals surface area contributed by atoms with E-state index in [2.05, 4.69) is 5.10 Å². The number of ether oxygens (including phenoxy) is 3. The number of nitrogens with zero attached hydrogens (tertiary/aromatic N) is 3. The predicted molar refractivity (Wildman–Crippen MR) is 107 cm³/mol. The molecule has 3 heterocycles. The number of fused-ring (bicyclic) bond motifs is 1. The van der Waals surface area contributed by atoms with E-state index in [0.717, 1.165) is 31.4 Å². The zero-order valence-corrected chi connectivity index (χ0v) is 17.0. The monoisotopic (exact) mass is 411 g/mol. The number of carbonyl (C=O) groups excluding carboxylic acids is 2. The molecular formula is C22H25N3O5. The second-order valence-electron chi connectivity index (χ2n) is 7.99. The Hall–Kier alpha value is -3.03. The topological polar surface area (TPSA) is 82.9 Å². The van der Waals surface area contributed by atoms with Gasteiger partial charge in [-0.1, -0.05) is 0 Å². The second kappa shape index (κ2) is 7.66. The van der Waals surface area contributed by atoms with Crippen molar-refractivity contribution in [3.05, 3.63) is 41.2 Å². The summed E-state index contributed by atoms with van der Waals surface area (Å²) in [6, 6.07) is 7.39. The van der Waals surface area contributed by atoms with Crippen LogP contribution in [0.5, 0.6) is 11.5 Å². The van der Waals surface area contributed by atoms with E-state index < -0.39 is 0 Å². The average Bonchev–Trinajstić information content (AvgIpc) is 3.34. The van der Waals surface area contributed by atoms with Crippen LogP contribution in [0.25, 0.3) is 0 Å². The van der Waals surface area contributed by atoms with Crippen molar-refractivity contribution in [2.75, 3.05) is 26.5 Å². The third-order valence-electron chi connectivity index (χ3n) is 5.96. The normalized spacial score (nSPS) is 18.5. The van der Waals surface area contributed by atoms with E-state index in [1.165, 1.54) is 0 Å². The van der Waals surface area contributed by atoms with Crippen LogP contribution in [0.2, 0.25) is 0 Å². The van der Waals surface area contributed by atoms with Crippen molar-refractivity contribution in [2.24, 2.45) is 0 Å². The molecule has 158 valence electrons. The van der Waals surface area contributed by atoms with Gasteiger partial charge in [-0.3, -0.25) is 9.48 Å². The Labute approximate surface area is 174 Å². The SMILES string of the molecule is CCOC(=O)c1cc(C2CC2)n(C2CCN(C(=O)c3ccc4c(c3)OCO4)CC2)n1. The molecular weight excluding hydrogens is 386 g/mol. The lowest BCUT2D eigenvalue weighted by molar-refractivity contribution is 0.0517. The van der Waals surface area contributed by atoms with Crippen molar-refractivity contribution in [1.82, 2.24) is 14.7 Å². The Morgan fingerprint density at radius 2 is 1.87 bits per heavy atom. The van der Waals surface area contributed by atoms with Crippen LogP contribution in [-0.2, 0) is 4.74 Å². The molecule has 2 aliphatic heterocycles. The molecule has 5 rings (SSSR count). The average molecular weight is 411 g/mol. The van der Waals surface area contributed by atoms with E-state index in [4.69, 9.17) is 14.2 Å². The summed E-state index contributed by atoms with van der Waals surface area (Å²) in [6.45, 7) is 3.63. The molecule has 2 fully saturated rings. The van der Waals surface area contributed by atoms with Gasteiger partial charge in [0.15, 0.2) is 17.2 Å². The number of aromatic nitrogens is 2. The Morgan fingerprint density at radius 1 is 1.10 bits per heavy atom. The van der Waals surface area contributed by atoms with Gasteiger partial charge in [-0.2, -0.15) is 5.10 Å². The van der Waals surface area contributed by atoms with Gasteiger partial charge in [0.25, 0.3) is 5.91 Å². The fourth-order valence-electron chi connectivity index (χ4n) is 4.22. The van der Waals surface area contributed by atoms with Crippen LogP contribution in [0.3, 0.4) is 0 Å². The molecule has 8 heteroatoms. The number of rotatable bonds is 5. The minimum atomic E-state index is -0.367. The zero-order valence-electron chi connectivity index (χ0n) is 17.0. The molecule has 0 atom stereocenters. The summed E-state index contributed by atoms with van der Waals surface area (Å²) in [6.07, 6.45) is 3.88. The van der Waals surface area contributed by atoms with Crippen molar-refractivity contribution in [3.63, 3.8) is 0 Å². The molecule has 8 nitrogen and oxygen atoms in total. The summed E-state index contributed by atoms with van der Waals surface area (Å²) in [4.78, 5) is 27.0. The van der Waals surface area contributed by atoms with E-state index >= 15 is 0 Å². The highest BCUT2D eigenvalue weighted by atomic mass is 16.7. The van der Waals surface area contributed by atoms with Crippen LogP contribution in [0.15, 0.2) is 24.3 Å². The molecule has 0 radical (unpaired) electrons. The first kappa shape index (κ1) is 19.0. The standard InChI is InChI=1S/C22H25N3O5/c1-2-28-22(27)17-12-18(14-3-4-14)25(23-17)16-7-9-24(10-8-16)21(26)15-5-6-19-20(11-15)30-13-29-19/h5-6,11-12,14,16H,2-4,7-10,13H2,1H3. The van der Waals surface area contributed by atoms with Crippen LogP contribution >= 0.6 is 0 Å². The molecule has 1 amide bonds. The Bertz CT molecular complexity index is 973. The smallest absolute Gasteiger partial charge is 0.358 e. The highest BCUT2D eigenvalue weighted by Crippen LogP contribution is 2.42. The largest absolute Gasteiger partial charge is 0.461 e. The lowest BCUT2D eigenvalue weighted by atomic mass is 10.0. The Kier molecular flexibility index (Phi) is 4.84. The van der Waals surface area contributed by atoms with Crippen molar-refractivity contribution in [3.8, 4) is 11.5 Å². The molecule has 1 aromatic heterocycles. The van der Waals surface area contributed by atoms with Crippen molar-refractivity contribution < 1.29 is 23.8 Å². The van der Waals surface area contributed by atoms with Gasteiger partial charge in [0, 0.05) is 30.3 Å². The number of esters is 1. The molecule has 1 saturated carbocycles. The summed E-state index contributed by atoms with van der Waals surface area (Å²) >= 11 is 0. The maximum atomic E-state index is 12.9. The number of hydrogen-bond acceptors (Lipinski definition) is 6. The van der Waals surface area contributed by atoms with Gasteiger partial charge in [-0.05, 0) is 56.9 Å². The highest BCUT2D eigenvalue weighted by molar-refractivity contribution is 5.95. The molecule has 0 spiro atoms. The molecule has 1 saturated heterocycles. The van der Waals surface area contributed by atoms with E-state index in [0.29, 0.717) is 48.4 Å². The summed E-state index contributed by atoms with van der Waals surface area (Å²) in [5.41, 5.74) is 2.12. The Morgan fingerprint density at radius 3 is 2.60 bits per heavy atom. The molecule has 30 heavy (non-hydrogen) atoms. The van der Waals surface area contributed by atoms with Crippen LogP contribution in [0.1, 0.15) is 71.1 Å². The third-order valence-corrected chi connectivity index (χ3v) is 5.96. The number of hydrogen-bond donors (Lipinski definition) is 0. The van der Waals surface area contributed by atoms with Gasteiger partial charge in [-0.25, -0.2) is 4.79 Å².